The molecule has 2 aromatic rings. The van der Waals surface area contributed by atoms with E-state index in [9.17, 15) is 4.79 Å². The molecular weight excluding hydrogens is 256 g/mol. The molecule has 0 spiro atoms. The van der Waals surface area contributed by atoms with Crippen LogP contribution < -0.4 is 10.6 Å². The van der Waals surface area contributed by atoms with Crippen molar-refractivity contribution >= 4 is 11.6 Å². The van der Waals surface area contributed by atoms with E-state index >= 15 is 0 Å². The molecule has 0 aliphatic carbocycles. The third kappa shape index (κ3) is 2.79. The van der Waals surface area contributed by atoms with Crippen LogP contribution in [0.25, 0.3) is 0 Å². The molecular formula is C14H18N4O2. The first-order valence-corrected chi connectivity index (χ1v) is 6.40. The third-order valence-electron chi connectivity index (χ3n) is 3.15. The molecule has 106 valence electrons. The molecule has 20 heavy (non-hydrogen) atoms. The van der Waals surface area contributed by atoms with Gasteiger partial charge in [0.15, 0.2) is 0 Å². The zero-order valence-corrected chi connectivity index (χ0v) is 12.0. The Bertz CT molecular complexity index is 585. The van der Waals surface area contributed by atoms with Gasteiger partial charge in [0.1, 0.15) is 11.5 Å². The van der Waals surface area contributed by atoms with Crippen molar-refractivity contribution in [2.75, 3.05) is 12.4 Å². The number of carbonyl (C=O) groups excluding carboxylic acids is 1. The molecule has 1 amide bonds. The maximum atomic E-state index is 12.1. The Balaban J connectivity index is 2.11. The lowest BCUT2D eigenvalue weighted by atomic mass is 10.1. The number of nitrogens with one attached hydrogen (secondary N) is 2. The SMILES string of the molecule is CNc1ccc(C(=O)NC(C)c2c(C)noc2C)nc1. The molecule has 2 heterocycles. The van der Waals surface area contributed by atoms with Gasteiger partial charge in [-0.25, -0.2) is 4.98 Å². The van der Waals surface area contributed by atoms with Crippen LogP contribution >= 0.6 is 0 Å². The Morgan fingerprint density at radius 3 is 2.60 bits per heavy atom. The van der Waals surface area contributed by atoms with Crippen molar-refractivity contribution in [2.45, 2.75) is 26.8 Å². The molecule has 0 aliphatic heterocycles. The summed E-state index contributed by atoms with van der Waals surface area (Å²) in [7, 11) is 1.80. The first-order valence-electron chi connectivity index (χ1n) is 6.40. The van der Waals surface area contributed by atoms with Gasteiger partial charge >= 0.3 is 0 Å². The standard InChI is InChI=1S/C14H18N4O2/c1-8(13-9(2)18-20-10(13)3)17-14(19)12-6-5-11(15-4)7-16-12/h5-8,15H,1-4H3,(H,17,19). The maximum Gasteiger partial charge on any atom is 0.270 e. The monoisotopic (exact) mass is 274 g/mol. The minimum atomic E-state index is -0.222. The van der Waals surface area contributed by atoms with Gasteiger partial charge in [0.25, 0.3) is 5.91 Å². The summed E-state index contributed by atoms with van der Waals surface area (Å²) in [4.78, 5) is 16.2. The average molecular weight is 274 g/mol. The molecule has 0 radical (unpaired) electrons. The van der Waals surface area contributed by atoms with Gasteiger partial charge in [0.2, 0.25) is 0 Å². The van der Waals surface area contributed by atoms with Crippen molar-refractivity contribution in [3.05, 3.63) is 41.0 Å². The van der Waals surface area contributed by atoms with Crippen molar-refractivity contribution < 1.29 is 9.32 Å². The van der Waals surface area contributed by atoms with Crippen molar-refractivity contribution in [1.29, 1.82) is 0 Å². The van der Waals surface area contributed by atoms with E-state index in [1.54, 1.807) is 19.3 Å². The second-order valence-corrected chi connectivity index (χ2v) is 4.62. The first-order chi connectivity index (χ1) is 9.52. The van der Waals surface area contributed by atoms with Crippen LogP contribution in [-0.2, 0) is 0 Å². The van der Waals surface area contributed by atoms with Crippen molar-refractivity contribution in [3.8, 4) is 0 Å². The van der Waals surface area contributed by atoms with Crippen LogP contribution in [0.4, 0.5) is 5.69 Å². The van der Waals surface area contributed by atoms with Gasteiger partial charge < -0.3 is 15.2 Å². The molecule has 1 atom stereocenters. The van der Waals surface area contributed by atoms with Gasteiger partial charge in [-0.05, 0) is 32.9 Å². The summed E-state index contributed by atoms with van der Waals surface area (Å²) >= 11 is 0. The summed E-state index contributed by atoms with van der Waals surface area (Å²) in [5.74, 6) is 0.494. The predicted molar refractivity (Wildman–Crippen MR) is 75.6 cm³/mol. The Hall–Kier alpha value is -2.37. The number of hydrogen-bond donors (Lipinski definition) is 2. The molecule has 2 rings (SSSR count). The molecule has 0 saturated heterocycles. The number of hydrogen-bond acceptors (Lipinski definition) is 5. The highest BCUT2D eigenvalue weighted by atomic mass is 16.5. The smallest absolute Gasteiger partial charge is 0.270 e. The van der Waals surface area contributed by atoms with Crippen LogP contribution in [0.5, 0.6) is 0 Å². The molecule has 1 unspecified atom stereocenters. The Labute approximate surface area is 117 Å². The summed E-state index contributed by atoms with van der Waals surface area (Å²) in [5.41, 5.74) is 2.93. The fourth-order valence-electron chi connectivity index (χ4n) is 2.13. The van der Waals surface area contributed by atoms with E-state index in [1.807, 2.05) is 26.8 Å². The molecule has 2 aromatic heterocycles. The van der Waals surface area contributed by atoms with Crippen LogP contribution in [0.3, 0.4) is 0 Å². The average Bonchev–Trinajstić information content (AvgIpc) is 2.78. The number of aryl methyl sites for hydroxylation is 2. The minimum Gasteiger partial charge on any atom is -0.387 e. The van der Waals surface area contributed by atoms with Gasteiger partial charge in [-0.15, -0.1) is 0 Å². The normalized spacial score (nSPS) is 12.0. The lowest BCUT2D eigenvalue weighted by Gasteiger charge is -2.13. The Morgan fingerprint density at radius 2 is 2.10 bits per heavy atom. The second kappa shape index (κ2) is 5.73. The highest BCUT2D eigenvalue weighted by molar-refractivity contribution is 5.92. The van der Waals surface area contributed by atoms with Crippen LogP contribution in [0, 0.1) is 13.8 Å². The maximum absolute atomic E-state index is 12.1. The summed E-state index contributed by atoms with van der Waals surface area (Å²) in [6.07, 6.45) is 1.62. The Kier molecular flexibility index (Phi) is 4.02. The summed E-state index contributed by atoms with van der Waals surface area (Å²) < 4.78 is 5.11. The van der Waals surface area contributed by atoms with Crippen molar-refractivity contribution in [2.24, 2.45) is 0 Å². The second-order valence-electron chi connectivity index (χ2n) is 4.62. The summed E-state index contributed by atoms with van der Waals surface area (Å²) in [6, 6.07) is 3.31. The van der Waals surface area contributed by atoms with Crippen LogP contribution in [-0.4, -0.2) is 23.1 Å². The van der Waals surface area contributed by atoms with Crippen molar-refractivity contribution in [3.63, 3.8) is 0 Å². The molecule has 2 N–H and O–H groups in total. The lowest BCUT2D eigenvalue weighted by Crippen LogP contribution is -2.28. The third-order valence-corrected chi connectivity index (χ3v) is 3.15. The zero-order valence-electron chi connectivity index (χ0n) is 12.0. The van der Waals surface area contributed by atoms with E-state index in [-0.39, 0.29) is 11.9 Å². The molecule has 6 heteroatoms. The van der Waals surface area contributed by atoms with E-state index in [2.05, 4.69) is 20.8 Å². The topological polar surface area (TPSA) is 80.0 Å². The lowest BCUT2D eigenvalue weighted by molar-refractivity contribution is 0.0934. The number of pyridine rings is 1. The highest BCUT2D eigenvalue weighted by Gasteiger charge is 2.19. The van der Waals surface area contributed by atoms with Gasteiger partial charge in [-0.1, -0.05) is 5.16 Å². The van der Waals surface area contributed by atoms with E-state index in [0.717, 1.165) is 16.9 Å². The van der Waals surface area contributed by atoms with Gasteiger partial charge in [0, 0.05) is 12.6 Å². The largest absolute Gasteiger partial charge is 0.387 e. The van der Waals surface area contributed by atoms with Crippen LogP contribution in [0.1, 0.15) is 40.5 Å². The van der Waals surface area contributed by atoms with Crippen LogP contribution in [0.2, 0.25) is 0 Å². The van der Waals surface area contributed by atoms with E-state index in [4.69, 9.17) is 4.52 Å². The van der Waals surface area contributed by atoms with E-state index in [1.165, 1.54) is 0 Å². The quantitative estimate of drug-likeness (QED) is 0.893. The molecule has 6 nitrogen and oxygen atoms in total. The number of carbonyl (C=O) groups is 1. The fourth-order valence-corrected chi connectivity index (χ4v) is 2.13. The summed E-state index contributed by atoms with van der Waals surface area (Å²) in [5, 5.41) is 9.74. The molecule has 0 bridgehead atoms. The number of nitrogens with zero attached hydrogens (tertiary/aromatic N) is 2. The van der Waals surface area contributed by atoms with Crippen LogP contribution in [0.15, 0.2) is 22.9 Å². The number of amides is 1. The van der Waals surface area contributed by atoms with Crippen molar-refractivity contribution in [1.82, 2.24) is 15.5 Å². The molecule has 0 aliphatic rings. The van der Waals surface area contributed by atoms with E-state index < -0.39 is 0 Å². The number of aromatic nitrogens is 2. The Morgan fingerprint density at radius 1 is 1.35 bits per heavy atom. The first kappa shape index (κ1) is 14.0. The fraction of sp³-hybridized carbons (Fsp3) is 0.357. The van der Waals surface area contributed by atoms with E-state index in [0.29, 0.717) is 11.5 Å². The summed E-state index contributed by atoms with van der Waals surface area (Å²) in [6.45, 7) is 5.58. The zero-order chi connectivity index (χ0) is 14.7. The van der Waals surface area contributed by atoms with Gasteiger partial charge in [-0.2, -0.15) is 0 Å². The van der Waals surface area contributed by atoms with Gasteiger partial charge in [0.05, 0.1) is 23.6 Å². The molecule has 0 saturated carbocycles. The minimum absolute atomic E-state index is 0.181. The predicted octanol–water partition coefficient (Wildman–Crippen LogP) is 2.22. The molecule has 0 fully saturated rings. The van der Waals surface area contributed by atoms with Gasteiger partial charge in [-0.3, -0.25) is 4.79 Å². The number of anilines is 1. The molecule has 0 aromatic carbocycles. The highest BCUT2D eigenvalue weighted by Crippen LogP contribution is 2.21. The number of rotatable bonds is 4.